The molecule has 4 nitrogen and oxygen atoms in total. The highest BCUT2D eigenvalue weighted by Crippen LogP contribution is 2.13. The third kappa shape index (κ3) is 24.4. The number of unbranched alkanes of at least 4 members (excludes halogenated alkanes) is 14. The Hall–Kier alpha value is -0.610. The van der Waals surface area contributed by atoms with Crippen molar-refractivity contribution in [3.63, 3.8) is 0 Å². The van der Waals surface area contributed by atoms with Crippen LogP contribution in [0.2, 0.25) is 0 Å². The molecule has 0 aliphatic heterocycles. The number of aliphatic carboxylic acids is 1. The molecule has 0 fully saturated rings. The van der Waals surface area contributed by atoms with E-state index >= 15 is 0 Å². The van der Waals surface area contributed by atoms with Crippen LogP contribution in [0.15, 0.2) is 0 Å². The number of carbonyl (C=O) groups excluding carboxylic acids is 1. The highest BCUT2D eigenvalue weighted by molar-refractivity contribution is 5.63. The van der Waals surface area contributed by atoms with E-state index in [0.29, 0.717) is 0 Å². The summed E-state index contributed by atoms with van der Waals surface area (Å²) in [6.45, 7) is 2.27. The van der Waals surface area contributed by atoms with Crippen LogP contribution in [0.3, 0.4) is 0 Å². The van der Waals surface area contributed by atoms with Crippen LogP contribution >= 0.6 is 0 Å². The number of carboxylic acids is 1. The Labute approximate surface area is 138 Å². The van der Waals surface area contributed by atoms with Gasteiger partial charge in [0.05, 0.1) is 0 Å². The van der Waals surface area contributed by atoms with E-state index in [2.05, 4.69) is 6.92 Å². The van der Waals surface area contributed by atoms with Crippen molar-refractivity contribution in [2.45, 2.75) is 110 Å². The molecule has 0 heterocycles. The van der Waals surface area contributed by atoms with Gasteiger partial charge in [-0.3, -0.25) is 0 Å². The molecule has 0 aromatic rings. The minimum absolute atomic E-state index is 0. The lowest BCUT2D eigenvalue weighted by Crippen LogP contribution is -2.21. The van der Waals surface area contributed by atoms with E-state index in [1.54, 1.807) is 0 Å². The zero-order valence-corrected chi connectivity index (χ0v) is 15.1. The van der Waals surface area contributed by atoms with E-state index in [0.717, 1.165) is 12.8 Å². The lowest BCUT2D eigenvalue weighted by molar-refractivity contribution is -0.305. The van der Waals surface area contributed by atoms with Crippen molar-refractivity contribution >= 4 is 5.97 Å². The lowest BCUT2D eigenvalue weighted by Gasteiger charge is -2.04. The van der Waals surface area contributed by atoms with Gasteiger partial charge in [0, 0.05) is 5.97 Å². The zero-order chi connectivity index (χ0) is 14.9. The zero-order valence-electron chi connectivity index (χ0n) is 15.1. The molecule has 0 saturated heterocycles. The van der Waals surface area contributed by atoms with Crippen molar-refractivity contribution in [2.75, 3.05) is 0 Å². The Morgan fingerprint density at radius 3 is 1.18 bits per heavy atom. The average Bonchev–Trinajstić information content (AvgIpc) is 2.43. The smallest absolute Gasteiger partial charge is 0.0414 e. The Morgan fingerprint density at radius 2 is 0.909 bits per heavy atom. The third-order valence-electron chi connectivity index (χ3n) is 3.98. The van der Waals surface area contributed by atoms with Crippen molar-refractivity contribution < 1.29 is 15.4 Å². The maximum absolute atomic E-state index is 10.2. The number of rotatable bonds is 16. The van der Waals surface area contributed by atoms with Gasteiger partial charge in [0.15, 0.2) is 0 Å². The fraction of sp³-hybridized carbons (Fsp3) is 0.944. The van der Waals surface area contributed by atoms with E-state index in [4.69, 9.17) is 0 Å². The Morgan fingerprint density at radius 1 is 0.636 bits per heavy atom. The molecule has 0 amide bonds. The summed E-state index contributed by atoms with van der Waals surface area (Å²) in [4.78, 5) is 10.2. The summed E-state index contributed by atoms with van der Waals surface area (Å²) in [5, 5.41) is 10.2. The molecule has 4 heteroatoms. The largest absolute Gasteiger partial charge is 0.550 e. The van der Waals surface area contributed by atoms with Gasteiger partial charge < -0.3 is 21.5 Å². The first kappa shape index (κ1) is 26.3. The topological polar surface area (TPSA) is 108 Å². The normalized spacial score (nSPS) is 9.86. The van der Waals surface area contributed by atoms with Crippen molar-refractivity contribution in [1.82, 2.24) is 6.15 Å². The van der Waals surface area contributed by atoms with Crippen LogP contribution in [0.1, 0.15) is 110 Å². The number of quaternary nitrogens is 1. The average molecular weight is 320 g/mol. The quantitative estimate of drug-likeness (QED) is 0.421. The van der Waals surface area contributed by atoms with Crippen molar-refractivity contribution in [2.24, 2.45) is 0 Å². The minimum atomic E-state index is -0.903. The van der Waals surface area contributed by atoms with Crippen molar-refractivity contribution in [1.29, 1.82) is 0 Å². The molecule has 0 aliphatic rings. The van der Waals surface area contributed by atoms with Gasteiger partial charge in [-0.2, -0.15) is 0 Å². The molecule has 0 aliphatic carbocycles. The van der Waals surface area contributed by atoms with Crippen LogP contribution in [0.5, 0.6) is 0 Å². The fourth-order valence-corrected chi connectivity index (χ4v) is 2.64. The Bertz CT molecular complexity index is 211. The second-order valence-corrected chi connectivity index (χ2v) is 6.07. The van der Waals surface area contributed by atoms with Gasteiger partial charge >= 0.3 is 0 Å². The summed E-state index contributed by atoms with van der Waals surface area (Å²) in [6, 6.07) is 0. The van der Waals surface area contributed by atoms with Gasteiger partial charge in [0.1, 0.15) is 0 Å². The van der Waals surface area contributed by atoms with E-state index in [1.807, 2.05) is 0 Å². The molecular weight excluding hydrogens is 278 g/mol. The monoisotopic (exact) mass is 319 g/mol. The summed E-state index contributed by atoms with van der Waals surface area (Å²) in [5.74, 6) is -0.903. The maximum Gasteiger partial charge on any atom is 0.0414 e. The molecule has 0 spiro atoms. The van der Waals surface area contributed by atoms with Gasteiger partial charge in [-0.1, -0.05) is 96.8 Å². The Kier molecular flexibility index (Phi) is 27.1. The lowest BCUT2D eigenvalue weighted by atomic mass is 10.0. The predicted molar refractivity (Wildman–Crippen MR) is 94.2 cm³/mol. The SMILES string of the molecule is CCCCCCCCCCCCCCCCCC(=O)[O-].O.[NH4+]. The van der Waals surface area contributed by atoms with Crippen molar-refractivity contribution in [3.8, 4) is 0 Å². The van der Waals surface area contributed by atoms with Gasteiger partial charge in [-0.25, -0.2) is 0 Å². The van der Waals surface area contributed by atoms with Crippen LogP contribution in [0.4, 0.5) is 0 Å². The fourth-order valence-electron chi connectivity index (χ4n) is 2.64. The number of hydrogen-bond donors (Lipinski definition) is 1. The molecular formula is C18H41NO3. The van der Waals surface area contributed by atoms with Crippen LogP contribution < -0.4 is 11.3 Å². The predicted octanol–water partition coefficient (Wildman–Crippen LogP) is 4.55. The number of carbonyl (C=O) groups is 1. The minimum Gasteiger partial charge on any atom is -0.550 e. The van der Waals surface area contributed by atoms with Gasteiger partial charge in [-0.15, -0.1) is 0 Å². The summed E-state index contributed by atoms with van der Waals surface area (Å²) < 4.78 is 0. The number of carboxylic acid groups (broad SMARTS) is 1. The second kappa shape index (κ2) is 22.7. The molecule has 0 rings (SSSR count). The van der Waals surface area contributed by atoms with Gasteiger partial charge in [0.2, 0.25) is 0 Å². The van der Waals surface area contributed by atoms with E-state index < -0.39 is 5.97 Å². The third-order valence-corrected chi connectivity index (χ3v) is 3.98. The summed E-state index contributed by atoms with van der Waals surface area (Å²) >= 11 is 0. The van der Waals surface area contributed by atoms with Crippen LogP contribution in [0, 0.1) is 0 Å². The molecule has 0 unspecified atom stereocenters. The summed E-state index contributed by atoms with van der Waals surface area (Å²) in [6.07, 6.45) is 19.9. The van der Waals surface area contributed by atoms with Crippen LogP contribution in [-0.4, -0.2) is 11.4 Å². The highest BCUT2D eigenvalue weighted by atomic mass is 16.4. The molecule has 0 saturated carbocycles. The standard InChI is InChI=1S/C18H36O2.H3N.H2O/c1-2-3-4-5-6-7-8-9-10-11-12-13-14-15-16-17-18(19)20;;/h2-17H2,1H3,(H,19,20);1H3;1H2. The highest BCUT2D eigenvalue weighted by Gasteiger charge is 1.94. The number of hydrogen-bond acceptors (Lipinski definition) is 2. The van der Waals surface area contributed by atoms with Crippen molar-refractivity contribution in [3.05, 3.63) is 0 Å². The van der Waals surface area contributed by atoms with Crippen LogP contribution in [0.25, 0.3) is 0 Å². The first-order chi connectivity index (χ1) is 9.77. The molecule has 0 radical (unpaired) electrons. The molecule has 0 aromatic heterocycles. The maximum atomic E-state index is 10.2. The molecule has 0 bridgehead atoms. The Balaban J connectivity index is -0.00000180. The first-order valence-electron chi connectivity index (χ1n) is 8.97. The molecule has 136 valence electrons. The van der Waals surface area contributed by atoms with Gasteiger partial charge in [-0.05, 0) is 12.8 Å². The van der Waals surface area contributed by atoms with E-state index in [1.165, 1.54) is 83.5 Å². The first-order valence-corrected chi connectivity index (χ1v) is 8.97. The molecule has 0 aromatic carbocycles. The van der Waals surface area contributed by atoms with E-state index in [-0.39, 0.29) is 18.0 Å². The van der Waals surface area contributed by atoms with E-state index in [9.17, 15) is 9.90 Å². The molecule has 0 atom stereocenters. The molecule has 22 heavy (non-hydrogen) atoms. The summed E-state index contributed by atoms with van der Waals surface area (Å²) in [5.41, 5.74) is 0. The second-order valence-electron chi connectivity index (χ2n) is 6.07. The van der Waals surface area contributed by atoms with Gasteiger partial charge in [0.25, 0.3) is 0 Å². The summed E-state index contributed by atoms with van der Waals surface area (Å²) in [7, 11) is 0. The molecule has 6 N–H and O–H groups in total. The van der Waals surface area contributed by atoms with Crippen LogP contribution in [-0.2, 0) is 4.79 Å².